The predicted octanol–water partition coefficient (Wildman–Crippen LogP) is 1.68. The van der Waals surface area contributed by atoms with Crippen LogP contribution in [-0.2, 0) is 11.3 Å². The van der Waals surface area contributed by atoms with Gasteiger partial charge in [-0.05, 0) is 31.5 Å². The molecule has 1 unspecified atom stereocenters. The Bertz CT molecular complexity index is 721. The first kappa shape index (κ1) is 17.8. The number of likely N-dealkylation sites (tertiary alicyclic amines) is 1. The molecule has 3 N–H and O–H groups in total. The predicted molar refractivity (Wildman–Crippen MR) is 94.8 cm³/mol. The van der Waals surface area contributed by atoms with Crippen molar-refractivity contribution in [3.05, 3.63) is 35.2 Å². The third-order valence-electron chi connectivity index (χ3n) is 4.23. The number of nitrogens with two attached hydrogens (primary N) is 1. The second-order valence-electron chi connectivity index (χ2n) is 6.18. The van der Waals surface area contributed by atoms with Gasteiger partial charge in [0.05, 0.1) is 12.5 Å². The Hall–Kier alpha value is -1.96. The highest BCUT2D eigenvalue weighted by molar-refractivity contribution is 6.30. The smallest absolute Gasteiger partial charge is 0.241 e. The standard InChI is InChI=1S/C17H22ClN5O2/c18-14-5-1-3-12(9-14)16-21-15(25-22-16)11-23-8-2-4-13(10-23)17(24)20-7-6-19/h1,3,5,9,13H,2,4,6-8,10-11,19H2,(H,20,24). The molecule has 134 valence electrons. The van der Waals surface area contributed by atoms with Crippen molar-refractivity contribution in [1.29, 1.82) is 0 Å². The zero-order valence-electron chi connectivity index (χ0n) is 13.9. The number of benzene rings is 1. The van der Waals surface area contributed by atoms with E-state index in [0.717, 1.165) is 24.9 Å². The number of hydrogen-bond donors (Lipinski definition) is 2. The number of nitrogens with zero attached hydrogens (tertiary/aromatic N) is 3. The Kier molecular flexibility index (Phi) is 6.01. The number of carbonyl (C=O) groups excluding carboxylic acids is 1. The van der Waals surface area contributed by atoms with E-state index in [1.54, 1.807) is 12.1 Å². The largest absolute Gasteiger partial charge is 0.355 e. The molecule has 1 aliphatic heterocycles. The topological polar surface area (TPSA) is 97.3 Å². The van der Waals surface area contributed by atoms with Crippen molar-refractivity contribution in [2.75, 3.05) is 26.2 Å². The molecule has 1 atom stereocenters. The zero-order valence-corrected chi connectivity index (χ0v) is 14.7. The number of aromatic nitrogens is 2. The molecule has 0 radical (unpaired) electrons. The lowest BCUT2D eigenvalue weighted by molar-refractivity contribution is -0.126. The van der Waals surface area contributed by atoms with Crippen LogP contribution in [0.2, 0.25) is 5.02 Å². The van der Waals surface area contributed by atoms with Crippen molar-refractivity contribution in [2.24, 2.45) is 11.7 Å². The van der Waals surface area contributed by atoms with Gasteiger partial charge in [-0.15, -0.1) is 0 Å². The van der Waals surface area contributed by atoms with E-state index in [-0.39, 0.29) is 11.8 Å². The number of rotatable bonds is 6. The van der Waals surface area contributed by atoms with Crippen LogP contribution in [0.5, 0.6) is 0 Å². The molecule has 1 aliphatic rings. The van der Waals surface area contributed by atoms with Crippen molar-refractivity contribution < 1.29 is 9.32 Å². The van der Waals surface area contributed by atoms with E-state index >= 15 is 0 Å². The van der Waals surface area contributed by atoms with Gasteiger partial charge in [0, 0.05) is 30.2 Å². The minimum absolute atomic E-state index is 0.0179. The van der Waals surface area contributed by atoms with Gasteiger partial charge in [-0.1, -0.05) is 28.9 Å². The summed E-state index contributed by atoms with van der Waals surface area (Å²) in [5.41, 5.74) is 6.25. The molecule has 2 heterocycles. The number of amides is 1. The van der Waals surface area contributed by atoms with Crippen LogP contribution in [0.4, 0.5) is 0 Å². The second kappa shape index (κ2) is 8.42. The molecule has 1 saturated heterocycles. The van der Waals surface area contributed by atoms with Crippen LogP contribution in [0.25, 0.3) is 11.4 Å². The van der Waals surface area contributed by atoms with E-state index in [2.05, 4.69) is 20.4 Å². The van der Waals surface area contributed by atoms with Gasteiger partial charge in [-0.2, -0.15) is 4.98 Å². The Morgan fingerprint density at radius 2 is 2.36 bits per heavy atom. The van der Waals surface area contributed by atoms with E-state index in [1.807, 2.05) is 12.1 Å². The van der Waals surface area contributed by atoms with E-state index in [4.69, 9.17) is 21.9 Å². The van der Waals surface area contributed by atoms with Crippen LogP contribution in [0, 0.1) is 5.92 Å². The summed E-state index contributed by atoms with van der Waals surface area (Å²) in [5.74, 6) is 1.11. The monoisotopic (exact) mass is 363 g/mol. The first-order valence-corrected chi connectivity index (χ1v) is 8.82. The van der Waals surface area contributed by atoms with Gasteiger partial charge in [-0.3, -0.25) is 9.69 Å². The molecular weight excluding hydrogens is 342 g/mol. The highest BCUT2D eigenvalue weighted by Crippen LogP contribution is 2.22. The van der Waals surface area contributed by atoms with Gasteiger partial charge < -0.3 is 15.6 Å². The van der Waals surface area contributed by atoms with Crippen LogP contribution in [0.15, 0.2) is 28.8 Å². The van der Waals surface area contributed by atoms with E-state index in [1.165, 1.54) is 0 Å². The molecular formula is C17H22ClN5O2. The molecule has 1 aromatic heterocycles. The molecule has 0 saturated carbocycles. The lowest BCUT2D eigenvalue weighted by atomic mass is 9.97. The summed E-state index contributed by atoms with van der Waals surface area (Å²) in [7, 11) is 0. The van der Waals surface area contributed by atoms with Gasteiger partial charge in [0.15, 0.2) is 0 Å². The Balaban J connectivity index is 1.60. The van der Waals surface area contributed by atoms with E-state index < -0.39 is 0 Å². The lowest BCUT2D eigenvalue weighted by Gasteiger charge is -2.30. The summed E-state index contributed by atoms with van der Waals surface area (Å²) in [4.78, 5) is 18.7. The number of carbonyl (C=O) groups is 1. The van der Waals surface area contributed by atoms with Gasteiger partial charge >= 0.3 is 0 Å². The van der Waals surface area contributed by atoms with Crippen molar-refractivity contribution in [2.45, 2.75) is 19.4 Å². The van der Waals surface area contributed by atoms with Crippen LogP contribution in [-0.4, -0.2) is 47.1 Å². The van der Waals surface area contributed by atoms with Crippen LogP contribution >= 0.6 is 11.6 Å². The molecule has 0 spiro atoms. The molecule has 1 fully saturated rings. The zero-order chi connectivity index (χ0) is 17.6. The number of halogens is 1. The average Bonchev–Trinajstić information content (AvgIpc) is 3.08. The van der Waals surface area contributed by atoms with Crippen molar-refractivity contribution in [3.8, 4) is 11.4 Å². The lowest BCUT2D eigenvalue weighted by Crippen LogP contribution is -2.43. The number of nitrogens with one attached hydrogen (secondary N) is 1. The first-order valence-electron chi connectivity index (χ1n) is 8.44. The average molecular weight is 364 g/mol. The maximum atomic E-state index is 12.1. The summed E-state index contributed by atoms with van der Waals surface area (Å²) in [6.45, 7) is 3.10. The maximum Gasteiger partial charge on any atom is 0.241 e. The number of hydrogen-bond acceptors (Lipinski definition) is 6. The van der Waals surface area contributed by atoms with Gasteiger partial charge in [0.2, 0.25) is 17.6 Å². The molecule has 0 bridgehead atoms. The molecule has 7 nitrogen and oxygen atoms in total. The summed E-state index contributed by atoms with van der Waals surface area (Å²) in [6, 6.07) is 7.34. The van der Waals surface area contributed by atoms with Gasteiger partial charge in [0.1, 0.15) is 0 Å². The molecule has 1 amide bonds. The van der Waals surface area contributed by atoms with Crippen LogP contribution in [0.1, 0.15) is 18.7 Å². The minimum atomic E-state index is -0.0179. The van der Waals surface area contributed by atoms with Crippen LogP contribution < -0.4 is 11.1 Å². The minimum Gasteiger partial charge on any atom is -0.355 e. The molecule has 0 aliphatic carbocycles. The fourth-order valence-electron chi connectivity index (χ4n) is 3.01. The van der Waals surface area contributed by atoms with Crippen molar-refractivity contribution in [1.82, 2.24) is 20.4 Å². The second-order valence-corrected chi connectivity index (χ2v) is 6.61. The summed E-state index contributed by atoms with van der Waals surface area (Å²) >= 11 is 6.00. The molecule has 1 aromatic carbocycles. The van der Waals surface area contributed by atoms with Crippen LogP contribution in [0.3, 0.4) is 0 Å². The Morgan fingerprint density at radius 3 is 3.16 bits per heavy atom. The summed E-state index contributed by atoms with van der Waals surface area (Å²) in [6.07, 6.45) is 1.86. The van der Waals surface area contributed by atoms with Crippen molar-refractivity contribution >= 4 is 17.5 Å². The van der Waals surface area contributed by atoms with Gasteiger partial charge in [0.25, 0.3) is 0 Å². The first-order chi connectivity index (χ1) is 12.2. The molecule has 2 aromatic rings. The normalized spacial score (nSPS) is 18.2. The highest BCUT2D eigenvalue weighted by atomic mass is 35.5. The van der Waals surface area contributed by atoms with Crippen molar-refractivity contribution in [3.63, 3.8) is 0 Å². The molecule has 25 heavy (non-hydrogen) atoms. The van der Waals surface area contributed by atoms with Gasteiger partial charge in [-0.25, -0.2) is 0 Å². The van der Waals surface area contributed by atoms with E-state index in [9.17, 15) is 4.79 Å². The van der Waals surface area contributed by atoms with E-state index in [0.29, 0.717) is 42.9 Å². The number of piperidine rings is 1. The summed E-state index contributed by atoms with van der Waals surface area (Å²) in [5, 5.41) is 7.52. The Morgan fingerprint density at radius 1 is 1.48 bits per heavy atom. The third kappa shape index (κ3) is 4.78. The SMILES string of the molecule is NCCNC(=O)C1CCCN(Cc2nc(-c3cccc(Cl)c3)no2)C1. The fourth-order valence-corrected chi connectivity index (χ4v) is 3.20. The molecule has 3 rings (SSSR count). The maximum absolute atomic E-state index is 12.1. The fraction of sp³-hybridized carbons (Fsp3) is 0.471. The molecule has 8 heteroatoms. The summed E-state index contributed by atoms with van der Waals surface area (Å²) < 4.78 is 5.36. The quantitative estimate of drug-likeness (QED) is 0.810. The Labute approximate surface area is 151 Å². The third-order valence-corrected chi connectivity index (χ3v) is 4.46. The highest BCUT2D eigenvalue weighted by Gasteiger charge is 2.26.